The lowest BCUT2D eigenvalue weighted by molar-refractivity contribution is 0.192. The second kappa shape index (κ2) is 8.32. The van der Waals surface area contributed by atoms with E-state index in [1.165, 1.54) is 5.56 Å². The Balaban J connectivity index is 2.07. The van der Waals surface area contributed by atoms with Crippen LogP contribution in [0.5, 0.6) is 11.5 Å². The normalized spacial score (nSPS) is 16.4. The molecule has 0 amide bonds. The van der Waals surface area contributed by atoms with Crippen molar-refractivity contribution in [3.05, 3.63) is 53.3 Å². The Morgan fingerprint density at radius 1 is 1.12 bits per heavy atom. The highest BCUT2D eigenvalue weighted by atomic mass is 16.5. The molecule has 1 aliphatic heterocycles. The fourth-order valence-corrected chi connectivity index (χ4v) is 3.42. The van der Waals surface area contributed by atoms with Gasteiger partial charge in [-0.3, -0.25) is 9.88 Å². The smallest absolute Gasteiger partial charge is 0.165 e. The number of aryl methyl sites for hydroxylation is 1. The maximum Gasteiger partial charge on any atom is 0.165 e. The van der Waals surface area contributed by atoms with Crippen molar-refractivity contribution in [2.75, 3.05) is 40.4 Å². The zero-order chi connectivity index (χ0) is 17.6. The van der Waals surface area contributed by atoms with Crippen molar-refractivity contribution < 1.29 is 9.47 Å². The number of hydrogen-bond donors (Lipinski definition) is 1. The number of piperazine rings is 1. The van der Waals surface area contributed by atoms with Gasteiger partial charge in [-0.15, -0.1) is 0 Å². The monoisotopic (exact) mass is 341 g/mol. The molecule has 134 valence electrons. The number of methoxy groups -OCH3 is 2. The lowest BCUT2D eigenvalue weighted by Gasteiger charge is -2.35. The average molecular weight is 341 g/mol. The van der Waals surface area contributed by atoms with Crippen molar-refractivity contribution in [2.24, 2.45) is 0 Å². The third-order valence-electron chi connectivity index (χ3n) is 4.78. The van der Waals surface area contributed by atoms with Gasteiger partial charge in [-0.05, 0) is 24.1 Å². The molecule has 1 aliphatic rings. The van der Waals surface area contributed by atoms with Crippen LogP contribution in [0.4, 0.5) is 0 Å². The summed E-state index contributed by atoms with van der Waals surface area (Å²) in [5.41, 5.74) is 3.39. The number of nitrogens with zero attached hydrogens (tertiary/aromatic N) is 2. The second-order valence-corrected chi connectivity index (χ2v) is 6.22. The molecule has 0 aliphatic carbocycles. The maximum absolute atomic E-state index is 5.71. The zero-order valence-corrected chi connectivity index (χ0v) is 15.3. The van der Waals surface area contributed by atoms with Gasteiger partial charge in [0.25, 0.3) is 0 Å². The minimum atomic E-state index is 0.0538. The first-order chi connectivity index (χ1) is 12.3. The molecular formula is C20H27N3O2. The van der Waals surface area contributed by atoms with Crippen molar-refractivity contribution in [2.45, 2.75) is 19.4 Å². The van der Waals surface area contributed by atoms with Gasteiger partial charge in [0.15, 0.2) is 11.5 Å². The van der Waals surface area contributed by atoms with E-state index in [0.717, 1.165) is 55.4 Å². The highest BCUT2D eigenvalue weighted by Gasteiger charge is 2.28. The first-order valence-electron chi connectivity index (χ1n) is 8.89. The summed E-state index contributed by atoms with van der Waals surface area (Å²) < 4.78 is 11.2. The first-order valence-corrected chi connectivity index (χ1v) is 8.89. The number of pyridine rings is 1. The summed E-state index contributed by atoms with van der Waals surface area (Å²) in [5, 5.41) is 3.42. The standard InChI is InChI=1S/C20H27N3O2/c1-4-15-8-9-17(22-14-15)19(23-12-10-21-11-13-23)16-6-5-7-18(24-2)20(16)25-3/h5-9,14,19,21H,4,10-13H2,1-3H3. The summed E-state index contributed by atoms with van der Waals surface area (Å²) in [6.45, 7) is 6.06. The topological polar surface area (TPSA) is 46.6 Å². The second-order valence-electron chi connectivity index (χ2n) is 6.22. The van der Waals surface area contributed by atoms with Crippen LogP contribution in [0.3, 0.4) is 0 Å². The maximum atomic E-state index is 5.71. The Bertz CT molecular complexity index is 682. The van der Waals surface area contributed by atoms with E-state index in [1.54, 1.807) is 14.2 Å². The van der Waals surface area contributed by atoms with Crippen LogP contribution < -0.4 is 14.8 Å². The molecule has 1 aromatic carbocycles. The molecule has 1 unspecified atom stereocenters. The molecule has 1 atom stereocenters. The van der Waals surface area contributed by atoms with Crippen LogP contribution in [0.2, 0.25) is 0 Å². The first kappa shape index (κ1) is 17.7. The molecule has 1 N–H and O–H groups in total. The van der Waals surface area contributed by atoms with Gasteiger partial charge in [0.1, 0.15) is 0 Å². The van der Waals surface area contributed by atoms with Gasteiger partial charge in [-0.25, -0.2) is 0 Å². The summed E-state index contributed by atoms with van der Waals surface area (Å²) in [5.74, 6) is 1.54. The third kappa shape index (κ3) is 3.78. The molecule has 2 heterocycles. The van der Waals surface area contributed by atoms with Crippen LogP contribution >= 0.6 is 0 Å². The van der Waals surface area contributed by atoms with Gasteiger partial charge < -0.3 is 14.8 Å². The fourth-order valence-electron chi connectivity index (χ4n) is 3.42. The van der Waals surface area contributed by atoms with E-state index in [9.17, 15) is 0 Å². The Morgan fingerprint density at radius 2 is 1.92 bits per heavy atom. The summed E-state index contributed by atoms with van der Waals surface area (Å²) in [7, 11) is 3.37. The molecule has 25 heavy (non-hydrogen) atoms. The van der Waals surface area contributed by atoms with Crippen LogP contribution in [0, 0.1) is 0 Å². The van der Waals surface area contributed by atoms with Gasteiger partial charge in [0, 0.05) is 37.9 Å². The molecule has 3 rings (SSSR count). The highest BCUT2D eigenvalue weighted by Crippen LogP contribution is 2.39. The van der Waals surface area contributed by atoms with Crippen LogP contribution in [-0.4, -0.2) is 50.3 Å². The number of nitrogens with one attached hydrogen (secondary N) is 1. The predicted molar refractivity (Wildman–Crippen MR) is 99.4 cm³/mol. The number of rotatable bonds is 6. The van der Waals surface area contributed by atoms with Crippen molar-refractivity contribution >= 4 is 0 Å². The lowest BCUT2D eigenvalue weighted by Crippen LogP contribution is -2.45. The van der Waals surface area contributed by atoms with Crippen LogP contribution in [0.15, 0.2) is 36.5 Å². The SMILES string of the molecule is CCc1ccc(C(c2cccc(OC)c2OC)N2CCNCC2)nc1. The number of para-hydroxylation sites is 1. The minimum Gasteiger partial charge on any atom is -0.493 e. The molecule has 2 aromatic rings. The third-order valence-corrected chi connectivity index (χ3v) is 4.78. The number of ether oxygens (including phenoxy) is 2. The van der Waals surface area contributed by atoms with Crippen LogP contribution in [0.25, 0.3) is 0 Å². The average Bonchev–Trinajstić information content (AvgIpc) is 2.69. The molecular weight excluding hydrogens is 314 g/mol. The summed E-state index contributed by atoms with van der Waals surface area (Å²) in [6.07, 6.45) is 2.98. The van der Waals surface area contributed by atoms with Crippen LogP contribution in [-0.2, 0) is 6.42 Å². The quantitative estimate of drug-likeness (QED) is 0.875. The van der Waals surface area contributed by atoms with Gasteiger partial charge in [0.2, 0.25) is 0 Å². The molecule has 5 heteroatoms. The van der Waals surface area contributed by atoms with E-state index < -0.39 is 0 Å². The molecule has 0 saturated carbocycles. The van der Waals surface area contributed by atoms with Gasteiger partial charge in [0.05, 0.1) is 26.0 Å². The predicted octanol–water partition coefficient (Wildman–Crippen LogP) is 2.66. The zero-order valence-electron chi connectivity index (χ0n) is 15.3. The van der Waals surface area contributed by atoms with Gasteiger partial charge in [-0.1, -0.05) is 25.1 Å². The van der Waals surface area contributed by atoms with Crippen molar-refractivity contribution in [1.29, 1.82) is 0 Å². The van der Waals surface area contributed by atoms with E-state index in [2.05, 4.69) is 35.3 Å². The van der Waals surface area contributed by atoms with Crippen molar-refractivity contribution in [3.63, 3.8) is 0 Å². The van der Waals surface area contributed by atoms with Crippen molar-refractivity contribution in [3.8, 4) is 11.5 Å². The van der Waals surface area contributed by atoms with Crippen molar-refractivity contribution in [1.82, 2.24) is 15.2 Å². The molecule has 0 radical (unpaired) electrons. The van der Waals surface area contributed by atoms with E-state index in [4.69, 9.17) is 14.5 Å². The minimum absolute atomic E-state index is 0.0538. The largest absolute Gasteiger partial charge is 0.493 e. The molecule has 1 aromatic heterocycles. The summed E-state index contributed by atoms with van der Waals surface area (Å²) in [4.78, 5) is 7.23. The Morgan fingerprint density at radius 3 is 2.52 bits per heavy atom. The van der Waals surface area contributed by atoms with Crippen LogP contribution in [0.1, 0.15) is 29.8 Å². The van der Waals surface area contributed by atoms with E-state index >= 15 is 0 Å². The van der Waals surface area contributed by atoms with E-state index in [1.807, 2.05) is 18.3 Å². The number of aromatic nitrogens is 1. The Hall–Kier alpha value is -2.11. The molecule has 5 nitrogen and oxygen atoms in total. The molecule has 0 spiro atoms. The molecule has 0 bridgehead atoms. The molecule has 1 fully saturated rings. The van der Waals surface area contributed by atoms with E-state index in [-0.39, 0.29) is 6.04 Å². The van der Waals surface area contributed by atoms with Gasteiger partial charge in [-0.2, -0.15) is 0 Å². The van der Waals surface area contributed by atoms with E-state index in [0.29, 0.717) is 0 Å². The fraction of sp³-hybridized carbons (Fsp3) is 0.450. The number of benzene rings is 1. The number of hydrogen-bond acceptors (Lipinski definition) is 5. The Kier molecular flexibility index (Phi) is 5.89. The highest BCUT2D eigenvalue weighted by molar-refractivity contribution is 5.50. The lowest BCUT2D eigenvalue weighted by atomic mass is 9.98. The summed E-state index contributed by atoms with van der Waals surface area (Å²) >= 11 is 0. The summed E-state index contributed by atoms with van der Waals surface area (Å²) in [6, 6.07) is 10.4. The molecule has 1 saturated heterocycles. The Labute approximate surface area is 150 Å². The van der Waals surface area contributed by atoms with Gasteiger partial charge >= 0.3 is 0 Å².